The van der Waals surface area contributed by atoms with E-state index in [9.17, 15) is 4.79 Å². The molecule has 124 valence electrons. The van der Waals surface area contributed by atoms with Gasteiger partial charge in [0.15, 0.2) is 5.16 Å². The summed E-state index contributed by atoms with van der Waals surface area (Å²) in [4.78, 5) is 21.5. The van der Waals surface area contributed by atoms with E-state index < -0.39 is 0 Å². The van der Waals surface area contributed by atoms with Crippen molar-refractivity contribution >= 4 is 35.8 Å². The molecule has 0 radical (unpaired) electrons. The van der Waals surface area contributed by atoms with E-state index in [-0.39, 0.29) is 30.3 Å². The fourth-order valence-electron chi connectivity index (χ4n) is 1.77. The first-order valence-electron chi connectivity index (χ1n) is 7.09. The van der Waals surface area contributed by atoms with Crippen LogP contribution < -0.4 is 11.1 Å². The molecule has 23 heavy (non-hydrogen) atoms. The Morgan fingerprint density at radius 2 is 1.91 bits per heavy atom. The summed E-state index contributed by atoms with van der Waals surface area (Å²) in [6.07, 6.45) is 3.43. The summed E-state index contributed by atoms with van der Waals surface area (Å²) >= 11 is 1.49. The minimum Gasteiger partial charge on any atom is -0.327 e. The van der Waals surface area contributed by atoms with E-state index in [0.717, 1.165) is 16.1 Å². The first-order chi connectivity index (χ1) is 10.5. The lowest BCUT2D eigenvalue weighted by Gasteiger charge is -2.16. The Hall–Kier alpha value is -1.63. The van der Waals surface area contributed by atoms with Crippen molar-refractivity contribution < 1.29 is 4.79 Å². The lowest BCUT2D eigenvalue weighted by atomic mass is 10.0. The molecule has 1 aromatic heterocycles. The number of halogens is 1. The maximum atomic E-state index is 12.1. The number of nitrogens with one attached hydrogen (secondary N) is 1. The van der Waals surface area contributed by atoms with E-state index in [1.54, 1.807) is 18.5 Å². The third-order valence-electron chi connectivity index (χ3n) is 3.41. The van der Waals surface area contributed by atoms with Gasteiger partial charge in [0.1, 0.15) is 0 Å². The van der Waals surface area contributed by atoms with Gasteiger partial charge in [-0.25, -0.2) is 9.97 Å². The van der Waals surface area contributed by atoms with Crippen LogP contribution in [0.3, 0.4) is 0 Å². The highest BCUT2D eigenvalue weighted by molar-refractivity contribution is 7.99. The highest BCUT2D eigenvalue weighted by atomic mass is 35.5. The zero-order valence-corrected chi connectivity index (χ0v) is 14.9. The van der Waals surface area contributed by atoms with Gasteiger partial charge in [0.25, 0.3) is 0 Å². The number of amides is 1. The molecule has 0 fully saturated rings. The molecule has 1 heterocycles. The normalized spacial score (nSPS) is 12.9. The number of carbonyl (C=O) groups excluding carboxylic acids is 1. The van der Waals surface area contributed by atoms with Gasteiger partial charge in [0.05, 0.1) is 5.92 Å². The number of nitrogens with two attached hydrogens (primary N) is 1. The van der Waals surface area contributed by atoms with E-state index in [0.29, 0.717) is 5.16 Å². The van der Waals surface area contributed by atoms with Crippen molar-refractivity contribution in [2.24, 2.45) is 11.7 Å². The summed E-state index contributed by atoms with van der Waals surface area (Å²) in [6.45, 7) is 5.62. The number of hydrogen-bond donors (Lipinski definition) is 2. The number of hydrogen-bond acceptors (Lipinski definition) is 5. The summed E-state index contributed by atoms with van der Waals surface area (Å²) < 4.78 is 0. The van der Waals surface area contributed by atoms with Crippen molar-refractivity contribution in [3.63, 3.8) is 0 Å². The second kappa shape index (κ2) is 8.86. The van der Waals surface area contributed by atoms with Gasteiger partial charge in [0, 0.05) is 29.0 Å². The Balaban J connectivity index is 0.00000264. The largest absolute Gasteiger partial charge is 0.327 e. The van der Waals surface area contributed by atoms with Crippen molar-refractivity contribution in [3.05, 3.63) is 42.2 Å². The van der Waals surface area contributed by atoms with Crippen LogP contribution in [-0.2, 0) is 4.79 Å². The van der Waals surface area contributed by atoms with Crippen LogP contribution in [-0.4, -0.2) is 21.9 Å². The second-order valence-electron chi connectivity index (χ2n) is 5.25. The molecule has 0 saturated carbocycles. The minimum atomic E-state index is -0.230. The topological polar surface area (TPSA) is 80.9 Å². The van der Waals surface area contributed by atoms with E-state index in [2.05, 4.69) is 15.3 Å². The van der Waals surface area contributed by atoms with Crippen LogP contribution in [0, 0.1) is 12.8 Å². The molecule has 0 bridgehead atoms. The van der Waals surface area contributed by atoms with Crippen molar-refractivity contribution in [2.45, 2.75) is 36.9 Å². The standard InChI is InChI=1S/C16H20N4OS.ClH/c1-10-9-13(22-16-18-7-4-8-19-16)5-6-14(10)20-15(21)11(2)12(3)17;/h4-9,11-12H,17H2,1-3H3,(H,20,21);1H. The zero-order valence-electron chi connectivity index (χ0n) is 13.3. The summed E-state index contributed by atoms with van der Waals surface area (Å²) in [5.74, 6) is -0.295. The SMILES string of the molecule is Cc1cc(Sc2ncccn2)ccc1NC(=O)C(C)C(C)N.Cl. The fourth-order valence-corrected chi connectivity index (χ4v) is 2.58. The van der Waals surface area contributed by atoms with Gasteiger partial charge in [-0.2, -0.15) is 0 Å². The van der Waals surface area contributed by atoms with Crippen LogP contribution in [0.5, 0.6) is 0 Å². The molecule has 0 aliphatic rings. The number of aryl methyl sites for hydroxylation is 1. The molecule has 2 rings (SSSR count). The van der Waals surface area contributed by atoms with Crippen LogP contribution >= 0.6 is 24.2 Å². The van der Waals surface area contributed by atoms with Gasteiger partial charge in [-0.15, -0.1) is 12.4 Å². The molecule has 7 heteroatoms. The average Bonchev–Trinajstić information content (AvgIpc) is 2.50. The molecule has 3 N–H and O–H groups in total. The predicted octanol–water partition coefficient (Wildman–Crippen LogP) is 3.28. The minimum absolute atomic E-state index is 0. The molecule has 0 aliphatic heterocycles. The predicted molar refractivity (Wildman–Crippen MR) is 96.0 cm³/mol. The molecule has 2 atom stereocenters. The highest BCUT2D eigenvalue weighted by Crippen LogP contribution is 2.28. The van der Waals surface area contributed by atoms with Crippen molar-refractivity contribution in [1.82, 2.24) is 9.97 Å². The molecule has 0 spiro atoms. The molecular weight excluding hydrogens is 332 g/mol. The van der Waals surface area contributed by atoms with Gasteiger partial charge >= 0.3 is 0 Å². The Kier molecular flexibility index (Phi) is 7.48. The zero-order chi connectivity index (χ0) is 16.1. The van der Waals surface area contributed by atoms with E-state index in [4.69, 9.17) is 5.73 Å². The number of benzene rings is 1. The third kappa shape index (κ3) is 5.49. The molecule has 1 aromatic carbocycles. The van der Waals surface area contributed by atoms with Crippen LogP contribution in [0.2, 0.25) is 0 Å². The molecular formula is C16H21ClN4OS. The lowest BCUT2D eigenvalue weighted by Crippen LogP contribution is -2.34. The summed E-state index contributed by atoms with van der Waals surface area (Å²) in [6, 6.07) is 7.46. The smallest absolute Gasteiger partial charge is 0.228 e. The first-order valence-corrected chi connectivity index (χ1v) is 7.91. The number of rotatable bonds is 5. The maximum absolute atomic E-state index is 12.1. The Morgan fingerprint density at radius 1 is 1.26 bits per heavy atom. The van der Waals surface area contributed by atoms with Crippen molar-refractivity contribution in [1.29, 1.82) is 0 Å². The molecule has 0 saturated heterocycles. The van der Waals surface area contributed by atoms with Gasteiger partial charge < -0.3 is 11.1 Å². The molecule has 2 unspecified atom stereocenters. The summed E-state index contributed by atoms with van der Waals surface area (Å²) in [7, 11) is 0. The number of aromatic nitrogens is 2. The quantitative estimate of drug-likeness (QED) is 0.807. The lowest BCUT2D eigenvalue weighted by molar-refractivity contribution is -0.119. The maximum Gasteiger partial charge on any atom is 0.228 e. The van der Waals surface area contributed by atoms with E-state index in [1.165, 1.54) is 11.8 Å². The molecule has 1 amide bonds. The van der Waals surface area contributed by atoms with Crippen molar-refractivity contribution in [3.8, 4) is 0 Å². The number of carbonyl (C=O) groups is 1. The number of anilines is 1. The second-order valence-corrected chi connectivity index (χ2v) is 6.29. The third-order valence-corrected chi connectivity index (χ3v) is 4.29. The van der Waals surface area contributed by atoms with Crippen LogP contribution in [0.15, 0.2) is 46.7 Å². The Labute approximate surface area is 146 Å². The fraction of sp³-hybridized carbons (Fsp3) is 0.312. The van der Waals surface area contributed by atoms with E-state index in [1.807, 2.05) is 39.0 Å². The molecule has 2 aromatic rings. The van der Waals surface area contributed by atoms with Crippen LogP contribution in [0.1, 0.15) is 19.4 Å². The number of nitrogens with zero attached hydrogens (tertiary/aromatic N) is 2. The Bertz CT molecular complexity index is 652. The van der Waals surface area contributed by atoms with Gasteiger partial charge in [-0.3, -0.25) is 4.79 Å². The van der Waals surface area contributed by atoms with Gasteiger partial charge in [-0.1, -0.05) is 6.92 Å². The molecule has 0 aliphatic carbocycles. The molecule has 5 nitrogen and oxygen atoms in total. The van der Waals surface area contributed by atoms with Crippen LogP contribution in [0.25, 0.3) is 0 Å². The van der Waals surface area contributed by atoms with Crippen LogP contribution in [0.4, 0.5) is 5.69 Å². The summed E-state index contributed by atoms with van der Waals surface area (Å²) in [5, 5.41) is 3.62. The average molecular weight is 353 g/mol. The van der Waals surface area contributed by atoms with Crippen molar-refractivity contribution in [2.75, 3.05) is 5.32 Å². The van der Waals surface area contributed by atoms with E-state index >= 15 is 0 Å². The first kappa shape index (κ1) is 19.4. The highest BCUT2D eigenvalue weighted by Gasteiger charge is 2.17. The summed E-state index contributed by atoms with van der Waals surface area (Å²) in [5.41, 5.74) is 7.55. The van der Waals surface area contributed by atoms with Gasteiger partial charge in [0.2, 0.25) is 5.91 Å². The monoisotopic (exact) mass is 352 g/mol. The van der Waals surface area contributed by atoms with Gasteiger partial charge in [-0.05, 0) is 55.4 Å². The Morgan fingerprint density at radius 3 is 2.48 bits per heavy atom.